The number of carboxylic acids is 1. The Labute approximate surface area is 98.5 Å². The molecular formula is C9H5FN4O4. The van der Waals surface area contributed by atoms with Crippen LogP contribution in [0.1, 0.15) is 10.5 Å². The Morgan fingerprint density at radius 2 is 2.22 bits per heavy atom. The molecule has 9 heteroatoms. The molecule has 0 aromatic carbocycles. The average molecular weight is 252 g/mol. The molecule has 2 aromatic heterocycles. The molecule has 18 heavy (non-hydrogen) atoms. The van der Waals surface area contributed by atoms with Crippen LogP contribution in [0.5, 0.6) is 0 Å². The van der Waals surface area contributed by atoms with Crippen LogP contribution in [-0.2, 0) is 0 Å². The minimum Gasteiger partial charge on any atom is -0.476 e. The minimum atomic E-state index is -1.53. The lowest BCUT2D eigenvalue weighted by molar-refractivity contribution is -0.385. The third kappa shape index (κ3) is 2.00. The summed E-state index contributed by atoms with van der Waals surface area (Å²) in [5, 5.41) is 22.9. The van der Waals surface area contributed by atoms with E-state index >= 15 is 0 Å². The predicted octanol–water partition coefficient (Wildman–Crippen LogP) is 1.01. The highest BCUT2D eigenvalue weighted by Crippen LogP contribution is 2.18. The van der Waals surface area contributed by atoms with Crippen molar-refractivity contribution in [3.05, 3.63) is 46.2 Å². The van der Waals surface area contributed by atoms with Crippen LogP contribution < -0.4 is 0 Å². The van der Waals surface area contributed by atoms with E-state index in [1.165, 1.54) is 6.07 Å². The summed E-state index contributed by atoms with van der Waals surface area (Å²) in [5.41, 5.74) is -1.36. The summed E-state index contributed by atoms with van der Waals surface area (Å²) in [4.78, 5) is 24.2. The molecule has 8 nitrogen and oxygen atoms in total. The van der Waals surface area contributed by atoms with Crippen molar-refractivity contribution in [3.63, 3.8) is 0 Å². The number of aromatic carboxylic acids is 1. The summed E-state index contributed by atoms with van der Waals surface area (Å²) in [6.07, 6.45) is 1.80. The molecule has 2 aromatic rings. The smallest absolute Gasteiger partial charge is 0.363 e. The van der Waals surface area contributed by atoms with Crippen LogP contribution in [0.3, 0.4) is 0 Å². The third-order valence-electron chi connectivity index (χ3n) is 2.04. The highest BCUT2D eigenvalue weighted by atomic mass is 19.1. The topological polar surface area (TPSA) is 111 Å². The van der Waals surface area contributed by atoms with Gasteiger partial charge in [-0.15, -0.1) is 0 Å². The fourth-order valence-electron chi connectivity index (χ4n) is 1.27. The number of nitro groups is 1. The summed E-state index contributed by atoms with van der Waals surface area (Å²) < 4.78 is 13.6. The minimum absolute atomic E-state index is 0.0759. The van der Waals surface area contributed by atoms with Gasteiger partial charge in [0.1, 0.15) is 12.0 Å². The number of carboxylic acid groups (broad SMARTS) is 1. The van der Waals surface area contributed by atoms with E-state index in [1.54, 1.807) is 0 Å². The van der Waals surface area contributed by atoms with Crippen molar-refractivity contribution in [2.24, 2.45) is 0 Å². The van der Waals surface area contributed by atoms with Gasteiger partial charge in [0, 0.05) is 0 Å². The largest absolute Gasteiger partial charge is 0.476 e. The van der Waals surface area contributed by atoms with Crippen molar-refractivity contribution in [3.8, 4) is 5.82 Å². The quantitative estimate of drug-likeness (QED) is 0.644. The van der Waals surface area contributed by atoms with Crippen molar-refractivity contribution in [1.82, 2.24) is 14.8 Å². The molecule has 0 amide bonds. The molecule has 0 atom stereocenters. The molecule has 0 unspecified atom stereocenters. The molecule has 1 N–H and O–H groups in total. The maximum absolute atomic E-state index is 12.6. The SMILES string of the molecule is O=C(O)c1nn(-c2ccc(F)cn2)cc1[N+](=O)[O-]. The average Bonchev–Trinajstić information content (AvgIpc) is 2.75. The second-order valence-corrected chi connectivity index (χ2v) is 3.20. The van der Waals surface area contributed by atoms with E-state index < -0.39 is 28.1 Å². The molecule has 0 spiro atoms. The maximum Gasteiger partial charge on any atom is 0.363 e. The highest BCUT2D eigenvalue weighted by Gasteiger charge is 2.25. The number of hydrogen-bond acceptors (Lipinski definition) is 5. The second-order valence-electron chi connectivity index (χ2n) is 3.20. The van der Waals surface area contributed by atoms with Gasteiger partial charge in [-0.2, -0.15) is 5.10 Å². The molecule has 0 aliphatic rings. The Morgan fingerprint density at radius 1 is 1.50 bits per heavy atom. The van der Waals surface area contributed by atoms with Crippen molar-refractivity contribution in [1.29, 1.82) is 0 Å². The summed E-state index contributed by atoms with van der Waals surface area (Å²) in [6, 6.07) is 2.30. The van der Waals surface area contributed by atoms with Crippen LogP contribution in [0.4, 0.5) is 10.1 Å². The number of carbonyl (C=O) groups is 1. The van der Waals surface area contributed by atoms with Crippen LogP contribution in [0.25, 0.3) is 5.82 Å². The zero-order valence-electron chi connectivity index (χ0n) is 8.65. The van der Waals surface area contributed by atoms with Gasteiger partial charge < -0.3 is 5.11 Å². The van der Waals surface area contributed by atoms with E-state index in [9.17, 15) is 19.3 Å². The highest BCUT2D eigenvalue weighted by molar-refractivity contribution is 5.89. The van der Waals surface area contributed by atoms with Crippen molar-refractivity contribution in [2.75, 3.05) is 0 Å². The summed E-state index contributed by atoms with van der Waals surface area (Å²) in [5.74, 6) is -2.03. The summed E-state index contributed by atoms with van der Waals surface area (Å²) >= 11 is 0. The van der Waals surface area contributed by atoms with E-state index in [4.69, 9.17) is 5.11 Å². The Morgan fingerprint density at radius 3 is 2.67 bits per heavy atom. The Balaban J connectivity index is 2.53. The van der Waals surface area contributed by atoms with Crippen LogP contribution >= 0.6 is 0 Å². The molecule has 0 saturated carbocycles. The van der Waals surface area contributed by atoms with E-state index in [0.717, 1.165) is 23.1 Å². The fourth-order valence-corrected chi connectivity index (χ4v) is 1.27. The van der Waals surface area contributed by atoms with Crippen LogP contribution in [0.15, 0.2) is 24.5 Å². The Kier molecular flexibility index (Phi) is 2.72. The van der Waals surface area contributed by atoms with Gasteiger partial charge in [0.25, 0.3) is 0 Å². The monoisotopic (exact) mass is 252 g/mol. The lowest BCUT2D eigenvalue weighted by atomic mass is 10.4. The van der Waals surface area contributed by atoms with E-state index in [1.807, 2.05) is 0 Å². The Bertz CT molecular complexity index is 590. The zero-order chi connectivity index (χ0) is 13.3. The lowest BCUT2D eigenvalue weighted by Crippen LogP contribution is -2.03. The first-order valence-electron chi connectivity index (χ1n) is 4.58. The standard InChI is InChI=1S/C9H5FN4O4/c10-5-1-2-7(11-3-5)13-4-6(14(17)18)8(12-13)9(15)16/h1-4H,(H,15,16). The number of rotatable bonds is 3. The van der Waals surface area contributed by atoms with Gasteiger partial charge in [-0.05, 0) is 12.1 Å². The maximum atomic E-state index is 12.6. The van der Waals surface area contributed by atoms with Gasteiger partial charge >= 0.3 is 11.7 Å². The summed E-state index contributed by atoms with van der Waals surface area (Å²) in [7, 11) is 0. The Hall–Kier alpha value is -2.84. The van der Waals surface area contributed by atoms with Crippen molar-refractivity contribution in [2.45, 2.75) is 0 Å². The zero-order valence-corrected chi connectivity index (χ0v) is 8.65. The molecule has 0 fully saturated rings. The van der Waals surface area contributed by atoms with Crippen LogP contribution in [0.2, 0.25) is 0 Å². The number of halogens is 1. The van der Waals surface area contributed by atoms with E-state index in [-0.39, 0.29) is 5.82 Å². The van der Waals surface area contributed by atoms with Gasteiger partial charge in [-0.3, -0.25) is 10.1 Å². The van der Waals surface area contributed by atoms with Gasteiger partial charge in [0.15, 0.2) is 5.82 Å². The van der Waals surface area contributed by atoms with Crippen molar-refractivity contribution >= 4 is 11.7 Å². The van der Waals surface area contributed by atoms with Crippen LogP contribution in [-0.4, -0.2) is 30.8 Å². The first kappa shape index (κ1) is 11.6. The first-order chi connectivity index (χ1) is 8.49. The van der Waals surface area contributed by atoms with E-state index in [0.29, 0.717) is 0 Å². The van der Waals surface area contributed by atoms with Crippen LogP contribution in [0, 0.1) is 15.9 Å². The molecule has 0 saturated heterocycles. The molecule has 2 heterocycles. The fraction of sp³-hybridized carbons (Fsp3) is 0. The first-order valence-corrected chi connectivity index (χ1v) is 4.58. The third-order valence-corrected chi connectivity index (χ3v) is 2.04. The molecule has 0 aliphatic carbocycles. The summed E-state index contributed by atoms with van der Waals surface area (Å²) in [6.45, 7) is 0. The molecule has 0 aliphatic heterocycles. The van der Waals surface area contributed by atoms with E-state index in [2.05, 4.69) is 10.1 Å². The molecule has 0 bridgehead atoms. The van der Waals surface area contributed by atoms with Gasteiger partial charge in [0.05, 0.1) is 11.1 Å². The molecular weight excluding hydrogens is 247 g/mol. The number of aromatic nitrogens is 3. The van der Waals surface area contributed by atoms with Gasteiger partial charge in [0.2, 0.25) is 5.69 Å². The normalized spacial score (nSPS) is 10.3. The second kappa shape index (κ2) is 4.20. The molecule has 92 valence electrons. The number of pyridine rings is 1. The molecule has 0 radical (unpaired) electrons. The number of hydrogen-bond donors (Lipinski definition) is 1. The predicted molar refractivity (Wildman–Crippen MR) is 54.9 cm³/mol. The molecule has 2 rings (SSSR count). The van der Waals surface area contributed by atoms with Gasteiger partial charge in [-0.25, -0.2) is 18.9 Å². The van der Waals surface area contributed by atoms with Gasteiger partial charge in [-0.1, -0.05) is 0 Å². The lowest BCUT2D eigenvalue weighted by Gasteiger charge is -1.97. The van der Waals surface area contributed by atoms with Crippen molar-refractivity contribution < 1.29 is 19.2 Å². The number of nitrogens with zero attached hydrogens (tertiary/aromatic N) is 4.